The van der Waals surface area contributed by atoms with Gasteiger partial charge in [-0.05, 0) is 48.9 Å². The van der Waals surface area contributed by atoms with Crippen molar-refractivity contribution < 1.29 is 14.3 Å². The number of amides is 2. The summed E-state index contributed by atoms with van der Waals surface area (Å²) in [5.41, 5.74) is 1.47. The molecule has 3 aromatic rings. The molecule has 30 heavy (non-hydrogen) atoms. The highest BCUT2D eigenvalue weighted by Gasteiger charge is 2.16. The van der Waals surface area contributed by atoms with E-state index in [-0.39, 0.29) is 24.9 Å². The molecule has 0 saturated heterocycles. The number of hydrogen-bond acceptors (Lipinski definition) is 4. The summed E-state index contributed by atoms with van der Waals surface area (Å²) in [7, 11) is 0. The number of ether oxygens (including phenoxy) is 1. The van der Waals surface area contributed by atoms with Gasteiger partial charge >= 0.3 is 0 Å². The van der Waals surface area contributed by atoms with E-state index in [2.05, 4.69) is 15.7 Å². The lowest BCUT2D eigenvalue weighted by atomic mass is 10.2. The van der Waals surface area contributed by atoms with Crippen molar-refractivity contribution in [2.24, 2.45) is 0 Å². The van der Waals surface area contributed by atoms with Gasteiger partial charge in [0.2, 0.25) is 5.91 Å². The van der Waals surface area contributed by atoms with Gasteiger partial charge in [0.25, 0.3) is 5.91 Å². The highest BCUT2D eigenvalue weighted by Crippen LogP contribution is 2.28. The quantitative estimate of drug-likeness (QED) is 0.549. The number of nitrogens with zero attached hydrogens (tertiary/aromatic N) is 2. The van der Waals surface area contributed by atoms with Crippen LogP contribution in [0, 0.1) is 0 Å². The van der Waals surface area contributed by atoms with Crippen molar-refractivity contribution in [3.8, 4) is 5.75 Å². The number of halogens is 2. The monoisotopic (exact) mass is 446 g/mol. The summed E-state index contributed by atoms with van der Waals surface area (Å²) >= 11 is 11.9. The molecule has 1 unspecified atom stereocenters. The lowest BCUT2D eigenvalue weighted by molar-refractivity contribution is -0.127. The van der Waals surface area contributed by atoms with Gasteiger partial charge in [-0.2, -0.15) is 5.10 Å². The fourth-order valence-corrected chi connectivity index (χ4v) is 3.10. The molecular weight excluding hydrogens is 427 g/mol. The Morgan fingerprint density at radius 1 is 1.17 bits per heavy atom. The Bertz CT molecular complexity index is 1020. The topological polar surface area (TPSA) is 85.3 Å². The van der Waals surface area contributed by atoms with Crippen LogP contribution in [0.4, 0.5) is 5.69 Å². The summed E-state index contributed by atoms with van der Waals surface area (Å²) in [5, 5.41) is 10.4. The van der Waals surface area contributed by atoms with Gasteiger partial charge < -0.3 is 15.4 Å². The highest BCUT2D eigenvalue weighted by molar-refractivity contribution is 6.35. The van der Waals surface area contributed by atoms with Gasteiger partial charge in [-0.3, -0.25) is 14.3 Å². The van der Waals surface area contributed by atoms with E-state index in [4.69, 9.17) is 27.9 Å². The molecule has 2 amide bonds. The first-order valence-electron chi connectivity index (χ1n) is 9.16. The summed E-state index contributed by atoms with van der Waals surface area (Å²) in [6.45, 7) is 2.03. The minimum absolute atomic E-state index is 0.121. The molecule has 3 rings (SSSR count). The molecule has 0 aliphatic heterocycles. The van der Waals surface area contributed by atoms with Gasteiger partial charge in [0.1, 0.15) is 12.3 Å². The predicted molar refractivity (Wildman–Crippen MR) is 116 cm³/mol. The molecule has 1 aromatic heterocycles. The Balaban J connectivity index is 1.51. The molecule has 0 aliphatic carbocycles. The van der Waals surface area contributed by atoms with E-state index in [0.717, 1.165) is 5.56 Å². The fraction of sp³-hybridized carbons (Fsp3) is 0.190. The zero-order valence-corrected chi connectivity index (χ0v) is 17.7. The zero-order chi connectivity index (χ0) is 21.5. The van der Waals surface area contributed by atoms with Gasteiger partial charge in [0.05, 0.1) is 5.02 Å². The number of aromatic nitrogens is 2. The number of carbonyl (C=O) groups is 2. The van der Waals surface area contributed by atoms with Crippen molar-refractivity contribution in [1.29, 1.82) is 0 Å². The maximum Gasteiger partial charge on any atom is 0.261 e. The van der Waals surface area contributed by atoms with E-state index < -0.39 is 6.10 Å². The van der Waals surface area contributed by atoms with E-state index in [1.807, 2.05) is 6.07 Å². The zero-order valence-electron chi connectivity index (χ0n) is 16.1. The minimum atomic E-state index is -0.749. The van der Waals surface area contributed by atoms with Gasteiger partial charge in [-0.1, -0.05) is 35.3 Å². The summed E-state index contributed by atoms with van der Waals surface area (Å²) in [6, 6.07) is 13.8. The van der Waals surface area contributed by atoms with E-state index in [0.29, 0.717) is 21.5 Å². The maximum absolute atomic E-state index is 12.4. The first kappa shape index (κ1) is 21.7. The van der Waals surface area contributed by atoms with Crippen LogP contribution in [0.3, 0.4) is 0 Å². The third-order valence-corrected chi connectivity index (χ3v) is 4.64. The predicted octanol–water partition coefficient (Wildman–Crippen LogP) is 3.91. The Morgan fingerprint density at radius 3 is 2.73 bits per heavy atom. The van der Waals surface area contributed by atoms with E-state index in [9.17, 15) is 9.59 Å². The Kier molecular flexibility index (Phi) is 7.32. The summed E-state index contributed by atoms with van der Waals surface area (Å²) in [5.74, 6) is -0.110. The molecule has 9 heteroatoms. The van der Waals surface area contributed by atoms with Crippen molar-refractivity contribution in [2.45, 2.75) is 26.1 Å². The molecule has 7 nitrogen and oxygen atoms in total. The number of nitrogens with one attached hydrogen (secondary N) is 2. The van der Waals surface area contributed by atoms with Crippen molar-refractivity contribution in [2.75, 3.05) is 5.32 Å². The van der Waals surface area contributed by atoms with Crippen molar-refractivity contribution in [1.82, 2.24) is 15.1 Å². The molecule has 2 N–H and O–H groups in total. The molecule has 0 aliphatic rings. The molecule has 0 spiro atoms. The number of anilines is 1. The van der Waals surface area contributed by atoms with Gasteiger partial charge in [0.15, 0.2) is 6.10 Å². The smallest absolute Gasteiger partial charge is 0.261 e. The summed E-state index contributed by atoms with van der Waals surface area (Å²) in [4.78, 5) is 24.4. The van der Waals surface area contributed by atoms with Crippen LogP contribution < -0.4 is 15.4 Å². The molecule has 0 saturated carbocycles. The van der Waals surface area contributed by atoms with Crippen LogP contribution in [0.1, 0.15) is 12.5 Å². The van der Waals surface area contributed by atoms with Crippen LogP contribution in [0.15, 0.2) is 60.9 Å². The average Bonchev–Trinajstić information content (AvgIpc) is 3.21. The fourth-order valence-electron chi connectivity index (χ4n) is 2.65. The normalized spacial score (nSPS) is 11.6. The molecular formula is C21H20Cl2N4O3. The Labute approximate surface area is 183 Å². The second kappa shape index (κ2) is 10.1. The van der Waals surface area contributed by atoms with E-state index in [1.54, 1.807) is 61.8 Å². The molecule has 0 fully saturated rings. The number of rotatable bonds is 8. The lowest BCUT2D eigenvalue weighted by Crippen LogP contribution is -2.36. The van der Waals surface area contributed by atoms with Crippen LogP contribution in [0.2, 0.25) is 10.0 Å². The molecule has 1 heterocycles. The van der Waals surface area contributed by atoms with Crippen LogP contribution >= 0.6 is 23.2 Å². The Hall–Kier alpha value is -3.03. The number of carbonyl (C=O) groups excluding carboxylic acids is 2. The Morgan fingerprint density at radius 2 is 2.00 bits per heavy atom. The summed E-state index contributed by atoms with van der Waals surface area (Å²) < 4.78 is 7.14. The van der Waals surface area contributed by atoms with Crippen molar-refractivity contribution in [3.63, 3.8) is 0 Å². The van der Waals surface area contributed by atoms with Crippen LogP contribution in [-0.2, 0) is 22.7 Å². The molecule has 2 aromatic carbocycles. The van der Waals surface area contributed by atoms with Gasteiger partial charge in [-0.25, -0.2) is 0 Å². The van der Waals surface area contributed by atoms with Crippen molar-refractivity contribution >= 4 is 40.7 Å². The molecule has 156 valence electrons. The minimum Gasteiger partial charge on any atom is -0.479 e. The van der Waals surface area contributed by atoms with E-state index >= 15 is 0 Å². The number of benzene rings is 2. The third kappa shape index (κ3) is 6.23. The van der Waals surface area contributed by atoms with Crippen LogP contribution in [0.25, 0.3) is 0 Å². The first-order chi connectivity index (χ1) is 14.4. The number of hydrogen-bond donors (Lipinski definition) is 2. The second-order valence-electron chi connectivity index (χ2n) is 6.50. The second-order valence-corrected chi connectivity index (χ2v) is 7.35. The lowest BCUT2D eigenvalue weighted by Gasteiger charge is -2.16. The highest BCUT2D eigenvalue weighted by atomic mass is 35.5. The van der Waals surface area contributed by atoms with Crippen LogP contribution in [0.5, 0.6) is 5.75 Å². The largest absolute Gasteiger partial charge is 0.479 e. The van der Waals surface area contributed by atoms with Crippen LogP contribution in [-0.4, -0.2) is 27.7 Å². The average molecular weight is 447 g/mol. The van der Waals surface area contributed by atoms with Crippen molar-refractivity contribution in [3.05, 3.63) is 76.5 Å². The van der Waals surface area contributed by atoms with Gasteiger partial charge in [0, 0.05) is 29.6 Å². The SMILES string of the molecule is CC(Oc1ccc(Cl)cc1Cl)C(=O)NCc1cccc(NC(=O)Cn2cccn2)c1. The summed E-state index contributed by atoms with van der Waals surface area (Å²) in [6.07, 6.45) is 2.58. The molecule has 1 atom stereocenters. The third-order valence-electron chi connectivity index (χ3n) is 4.11. The maximum atomic E-state index is 12.4. The standard InChI is InChI=1S/C21H20Cl2N4O3/c1-14(30-19-7-6-16(22)11-18(19)23)21(29)24-12-15-4-2-5-17(10-15)26-20(28)13-27-9-3-8-25-27/h2-11,14H,12-13H2,1H3,(H,24,29)(H,26,28). The first-order valence-corrected chi connectivity index (χ1v) is 9.92. The molecule has 0 bridgehead atoms. The molecule has 0 radical (unpaired) electrons. The van der Waals surface area contributed by atoms with Gasteiger partial charge in [-0.15, -0.1) is 0 Å². The van der Waals surface area contributed by atoms with E-state index in [1.165, 1.54) is 4.68 Å².